The van der Waals surface area contributed by atoms with Crippen LogP contribution in [0.4, 0.5) is 11.4 Å². The van der Waals surface area contributed by atoms with Gasteiger partial charge in [0.15, 0.2) is 0 Å². The van der Waals surface area contributed by atoms with Crippen LogP contribution in [0.15, 0.2) is 46.9 Å². The van der Waals surface area contributed by atoms with Gasteiger partial charge >= 0.3 is 0 Å². The van der Waals surface area contributed by atoms with E-state index in [0.717, 1.165) is 4.47 Å². The molecule has 2 aromatic rings. The van der Waals surface area contributed by atoms with Crippen molar-refractivity contribution in [2.24, 2.45) is 0 Å². The molecular weight excluding hydrogens is 316 g/mol. The fourth-order valence-corrected chi connectivity index (χ4v) is 2.13. The lowest BCUT2D eigenvalue weighted by molar-refractivity contribution is 0.102. The molecule has 0 aliphatic heterocycles. The number of nitrogen functional groups attached to an aromatic ring is 1. The summed E-state index contributed by atoms with van der Waals surface area (Å²) in [4.78, 5) is 12.0. The molecule has 0 fully saturated rings. The van der Waals surface area contributed by atoms with Crippen molar-refractivity contribution >= 4 is 44.8 Å². The maximum absolute atomic E-state index is 12.0. The van der Waals surface area contributed by atoms with Gasteiger partial charge in [-0.3, -0.25) is 4.79 Å². The average Bonchev–Trinajstić information content (AvgIpc) is 2.32. The number of carbonyl (C=O) groups is 1. The second kappa shape index (κ2) is 5.42. The van der Waals surface area contributed by atoms with Gasteiger partial charge in [-0.1, -0.05) is 23.7 Å². The monoisotopic (exact) mass is 324 g/mol. The fourth-order valence-electron chi connectivity index (χ4n) is 1.47. The number of amides is 1. The lowest BCUT2D eigenvalue weighted by atomic mass is 10.2. The molecule has 5 heteroatoms. The summed E-state index contributed by atoms with van der Waals surface area (Å²) < 4.78 is 0.810. The lowest BCUT2D eigenvalue weighted by Crippen LogP contribution is -2.12. The second-order valence-electron chi connectivity index (χ2n) is 3.67. The van der Waals surface area contributed by atoms with Crippen molar-refractivity contribution in [2.75, 3.05) is 11.1 Å². The topological polar surface area (TPSA) is 55.1 Å². The highest BCUT2D eigenvalue weighted by Gasteiger charge is 2.11. The van der Waals surface area contributed by atoms with Crippen LogP contribution in [0, 0.1) is 0 Å². The Morgan fingerprint density at radius 3 is 2.61 bits per heavy atom. The Bertz CT molecular complexity index is 601. The smallest absolute Gasteiger partial charge is 0.257 e. The van der Waals surface area contributed by atoms with Gasteiger partial charge in [0.25, 0.3) is 5.91 Å². The first-order valence-electron chi connectivity index (χ1n) is 5.19. The van der Waals surface area contributed by atoms with Gasteiger partial charge in [-0.15, -0.1) is 0 Å². The summed E-state index contributed by atoms with van der Waals surface area (Å²) >= 11 is 9.34. The van der Waals surface area contributed by atoms with Crippen LogP contribution in [-0.4, -0.2) is 5.91 Å². The molecule has 0 heterocycles. The predicted molar refractivity (Wildman–Crippen MR) is 78.0 cm³/mol. The first-order chi connectivity index (χ1) is 8.58. The van der Waals surface area contributed by atoms with Crippen molar-refractivity contribution in [3.8, 4) is 0 Å². The van der Waals surface area contributed by atoms with Crippen LogP contribution in [0.2, 0.25) is 5.02 Å². The number of halogens is 2. The maximum atomic E-state index is 12.0. The highest BCUT2D eigenvalue weighted by atomic mass is 79.9. The molecule has 0 bridgehead atoms. The van der Waals surface area contributed by atoms with E-state index in [9.17, 15) is 4.79 Å². The zero-order valence-corrected chi connectivity index (χ0v) is 11.6. The largest absolute Gasteiger partial charge is 0.399 e. The standard InChI is InChI=1S/C13H10BrClN2O/c14-10-3-1-2-4-12(10)17-13(18)9-6-5-8(16)7-11(9)15/h1-7H,16H2,(H,17,18). The van der Waals surface area contributed by atoms with Crippen LogP contribution in [0.25, 0.3) is 0 Å². The van der Waals surface area contributed by atoms with Crippen molar-refractivity contribution < 1.29 is 4.79 Å². The van der Waals surface area contributed by atoms with Crippen molar-refractivity contribution in [2.45, 2.75) is 0 Å². The SMILES string of the molecule is Nc1ccc(C(=O)Nc2ccccc2Br)c(Cl)c1. The lowest BCUT2D eigenvalue weighted by Gasteiger charge is -2.08. The number of para-hydroxylation sites is 1. The minimum Gasteiger partial charge on any atom is -0.399 e. The normalized spacial score (nSPS) is 10.1. The van der Waals surface area contributed by atoms with E-state index in [4.69, 9.17) is 17.3 Å². The van der Waals surface area contributed by atoms with Crippen molar-refractivity contribution in [1.29, 1.82) is 0 Å². The zero-order chi connectivity index (χ0) is 13.1. The Morgan fingerprint density at radius 1 is 1.22 bits per heavy atom. The number of nitrogens with two attached hydrogens (primary N) is 1. The third kappa shape index (κ3) is 2.83. The Balaban J connectivity index is 2.25. The maximum Gasteiger partial charge on any atom is 0.257 e. The number of carbonyl (C=O) groups excluding carboxylic acids is 1. The molecule has 18 heavy (non-hydrogen) atoms. The molecule has 0 aliphatic carbocycles. The number of hydrogen-bond acceptors (Lipinski definition) is 2. The van der Waals surface area contributed by atoms with E-state index in [0.29, 0.717) is 22.0 Å². The molecular formula is C13H10BrClN2O. The molecule has 0 aromatic heterocycles. The van der Waals surface area contributed by atoms with Gasteiger partial charge in [0.1, 0.15) is 0 Å². The van der Waals surface area contributed by atoms with E-state index in [1.165, 1.54) is 0 Å². The first kappa shape index (κ1) is 12.9. The van der Waals surface area contributed by atoms with Gasteiger partial charge in [0.05, 0.1) is 16.3 Å². The summed E-state index contributed by atoms with van der Waals surface area (Å²) in [6.07, 6.45) is 0. The molecule has 0 saturated carbocycles. The molecule has 0 aliphatic rings. The minimum absolute atomic E-state index is 0.271. The summed E-state index contributed by atoms with van der Waals surface area (Å²) in [6.45, 7) is 0. The van der Waals surface area contributed by atoms with Gasteiger partial charge < -0.3 is 11.1 Å². The molecule has 3 nitrogen and oxygen atoms in total. The third-order valence-electron chi connectivity index (χ3n) is 2.36. The molecule has 0 atom stereocenters. The molecule has 2 rings (SSSR count). The van der Waals surface area contributed by atoms with E-state index in [1.54, 1.807) is 24.3 Å². The summed E-state index contributed by atoms with van der Waals surface area (Å²) in [7, 11) is 0. The van der Waals surface area contributed by atoms with Gasteiger partial charge in [0, 0.05) is 10.2 Å². The van der Waals surface area contributed by atoms with Crippen molar-refractivity contribution in [1.82, 2.24) is 0 Å². The van der Waals surface area contributed by atoms with Crippen LogP contribution in [0.1, 0.15) is 10.4 Å². The molecule has 0 unspecified atom stereocenters. The van der Waals surface area contributed by atoms with Crippen LogP contribution in [0.5, 0.6) is 0 Å². The second-order valence-corrected chi connectivity index (χ2v) is 4.93. The summed E-state index contributed by atoms with van der Waals surface area (Å²) in [5, 5.41) is 3.11. The summed E-state index contributed by atoms with van der Waals surface area (Å²) in [5.74, 6) is -0.271. The molecule has 0 radical (unpaired) electrons. The van der Waals surface area contributed by atoms with E-state index < -0.39 is 0 Å². The predicted octanol–water partition coefficient (Wildman–Crippen LogP) is 3.94. The van der Waals surface area contributed by atoms with Gasteiger partial charge in [-0.05, 0) is 46.3 Å². The van der Waals surface area contributed by atoms with E-state index in [-0.39, 0.29) is 5.91 Å². The number of benzene rings is 2. The first-order valence-corrected chi connectivity index (χ1v) is 6.36. The molecule has 2 aromatic carbocycles. The molecule has 0 spiro atoms. The summed E-state index contributed by atoms with van der Waals surface area (Å²) in [6, 6.07) is 12.1. The minimum atomic E-state index is -0.271. The highest BCUT2D eigenvalue weighted by Crippen LogP contribution is 2.24. The molecule has 3 N–H and O–H groups in total. The number of hydrogen-bond donors (Lipinski definition) is 2. The fraction of sp³-hybridized carbons (Fsp3) is 0. The van der Waals surface area contributed by atoms with Gasteiger partial charge in [-0.2, -0.15) is 0 Å². The van der Waals surface area contributed by atoms with Gasteiger partial charge in [0.2, 0.25) is 0 Å². The Kier molecular flexibility index (Phi) is 3.89. The van der Waals surface area contributed by atoms with Crippen LogP contribution in [0.3, 0.4) is 0 Å². The number of anilines is 2. The van der Waals surface area contributed by atoms with E-state index in [1.807, 2.05) is 18.2 Å². The average molecular weight is 326 g/mol. The zero-order valence-electron chi connectivity index (χ0n) is 9.28. The van der Waals surface area contributed by atoms with Crippen LogP contribution < -0.4 is 11.1 Å². The quantitative estimate of drug-likeness (QED) is 0.822. The highest BCUT2D eigenvalue weighted by molar-refractivity contribution is 9.10. The number of nitrogens with one attached hydrogen (secondary N) is 1. The van der Waals surface area contributed by atoms with Crippen molar-refractivity contribution in [3.63, 3.8) is 0 Å². The van der Waals surface area contributed by atoms with Crippen LogP contribution >= 0.6 is 27.5 Å². The van der Waals surface area contributed by atoms with E-state index >= 15 is 0 Å². The van der Waals surface area contributed by atoms with Crippen molar-refractivity contribution in [3.05, 3.63) is 57.5 Å². The summed E-state index contributed by atoms with van der Waals surface area (Å²) in [5.41, 5.74) is 7.19. The van der Waals surface area contributed by atoms with E-state index in [2.05, 4.69) is 21.2 Å². The van der Waals surface area contributed by atoms with Crippen LogP contribution in [-0.2, 0) is 0 Å². The Labute approximate surface area is 118 Å². The Hall–Kier alpha value is -1.52. The third-order valence-corrected chi connectivity index (χ3v) is 3.36. The number of rotatable bonds is 2. The molecule has 1 amide bonds. The Morgan fingerprint density at radius 2 is 1.94 bits per heavy atom. The molecule has 0 saturated heterocycles. The van der Waals surface area contributed by atoms with Gasteiger partial charge in [-0.25, -0.2) is 0 Å². The molecule has 92 valence electrons.